The molecule has 0 saturated heterocycles. The Hall–Kier alpha value is -3.00. The SMILES string of the molecule is Cc1nc2ccccc2c(=O)n1-c1ccc(NC(=O)c2ccc(I)cc2)cc1. The molecular formula is C22H16IN3O2. The molecule has 0 unspecified atom stereocenters. The molecule has 6 heteroatoms. The summed E-state index contributed by atoms with van der Waals surface area (Å²) < 4.78 is 2.65. The second-order valence-electron chi connectivity index (χ2n) is 6.32. The zero-order valence-corrected chi connectivity index (χ0v) is 17.2. The van der Waals surface area contributed by atoms with Crippen LogP contribution < -0.4 is 10.9 Å². The Labute approximate surface area is 175 Å². The van der Waals surface area contributed by atoms with Crippen LogP contribution in [0, 0.1) is 10.5 Å². The van der Waals surface area contributed by atoms with Gasteiger partial charge in [-0.15, -0.1) is 0 Å². The lowest BCUT2D eigenvalue weighted by Gasteiger charge is -2.12. The number of hydrogen-bond donors (Lipinski definition) is 1. The third-order valence-electron chi connectivity index (χ3n) is 4.43. The van der Waals surface area contributed by atoms with Crippen molar-refractivity contribution in [2.45, 2.75) is 6.92 Å². The van der Waals surface area contributed by atoms with Crippen molar-refractivity contribution in [1.29, 1.82) is 0 Å². The first kappa shape index (κ1) is 18.4. The molecule has 28 heavy (non-hydrogen) atoms. The number of nitrogens with one attached hydrogen (secondary N) is 1. The molecule has 3 aromatic carbocycles. The molecule has 1 aromatic heterocycles. The first-order valence-electron chi connectivity index (χ1n) is 8.69. The van der Waals surface area contributed by atoms with Crippen LogP contribution in [0.15, 0.2) is 77.6 Å². The fourth-order valence-electron chi connectivity index (χ4n) is 3.05. The van der Waals surface area contributed by atoms with Crippen molar-refractivity contribution in [1.82, 2.24) is 9.55 Å². The highest BCUT2D eigenvalue weighted by atomic mass is 127. The van der Waals surface area contributed by atoms with Gasteiger partial charge in [0, 0.05) is 14.8 Å². The zero-order valence-electron chi connectivity index (χ0n) is 15.0. The predicted octanol–water partition coefficient (Wildman–Crippen LogP) is 4.55. The Morgan fingerprint density at radius 2 is 1.64 bits per heavy atom. The predicted molar refractivity (Wildman–Crippen MR) is 119 cm³/mol. The summed E-state index contributed by atoms with van der Waals surface area (Å²) in [4.78, 5) is 29.8. The second-order valence-corrected chi connectivity index (χ2v) is 7.57. The van der Waals surface area contributed by atoms with E-state index in [9.17, 15) is 9.59 Å². The number of anilines is 1. The maximum absolute atomic E-state index is 12.9. The van der Waals surface area contributed by atoms with Gasteiger partial charge in [-0.1, -0.05) is 12.1 Å². The molecular weight excluding hydrogens is 465 g/mol. The van der Waals surface area contributed by atoms with E-state index in [1.54, 1.807) is 54.0 Å². The molecule has 138 valence electrons. The summed E-state index contributed by atoms with van der Waals surface area (Å²) in [6.07, 6.45) is 0. The smallest absolute Gasteiger partial charge is 0.265 e. The van der Waals surface area contributed by atoms with Gasteiger partial charge in [0.1, 0.15) is 5.82 Å². The van der Waals surface area contributed by atoms with Crippen molar-refractivity contribution < 1.29 is 4.79 Å². The van der Waals surface area contributed by atoms with Gasteiger partial charge in [0.05, 0.1) is 16.6 Å². The number of para-hydroxylation sites is 1. The number of carbonyl (C=O) groups excluding carboxylic acids is 1. The largest absolute Gasteiger partial charge is 0.322 e. The van der Waals surface area contributed by atoms with Crippen LogP contribution in [-0.4, -0.2) is 15.5 Å². The molecule has 0 bridgehead atoms. The molecule has 0 aliphatic heterocycles. The monoisotopic (exact) mass is 481 g/mol. The number of halogens is 1. The molecule has 4 rings (SSSR count). The summed E-state index contributed by atoms with van der Waals surface area (Å²) in [5, 5.41) is 3.44. The second kappa shape index (κ2) is 7.55. The van der Waals surface area contributed by atoms with Gasteiger partial charge in [-0.3, -0.25) is 14.2 Å². The Bertz CT molecular complexity index is 1230. The van der Waals surface area contributed by atoms with E-state index in [2.05, 4.69) is 32.9 Å². The topological polar surface area (TPSA) is 64.0 Å². The van der Waals surface area contributed by atoms with E-state index < -0.39 is 0 Å². The fourth-order valence-corrected chi connectivity index (χ4v) is 3.41. The lowest BCUT2D eigenvalue weighted by atomic mass is 10.2. The van der Waals surface area contributed by atoms with Crippen molar-refractivity contribution in [2.24, 2.45) is 0 Å². The van der Waals surface area contributed by atoms with Gasteiger partial charge in [0.2, 0.25) is 0 Å². The highest BCUT2D eigenvalue weighted by Gasteiger charge is 2.10. The van der Waals surface area contributed by atoms with E-state index in [1.807, 2.05) is 30.3 Å². The molecule has 4 aromatic rings. The fraction of sp³-hybridized carbons (Fsp3) is 0.0455. The molecule has 0 aliphatic carbocycles. The van der Waals surface area contributed by atoms with Crippen molar-refractivity contribution in [2.75, 3.05) is 5.32 Å². The average molecular weight is 481 g/mol. The summed E-state index contributed by atoms with van der Waals surface area (Å²) >= 11 is 2.20. The maximum atomic E-state index is 12.9. The van der Waals surface area contributed by atoms with E-state index in [4.69, 9.17) is 0 Å². The highest BCUT2D eigenvalue weighted by molar-refractivity contribution is 14.1. The first-order chi connectivity index (χ1) is 13.5. The normalized spacial score (nSPS) is 10.8. The van der Waals surface area contributed by atoms with Crippen LogP contribution in [0.4, 0.5) is 5.69 Å². The van der Waals surface area contributed by atoms with Crippen LogP contribution in [0.3, 0.4) is 0 Å². The molecule has 0 saturated carbocycles. The third-order valence-corrected chi connectivity index (χ3v) is 5.15. The maximum Gasteiger partial charge on any atom is 0.265 e. The standard InChI is InChI=1S/C22H16IN3O2/c1-14-24-20-5-3-2-4-19(20)22(28)26(14)18-12-10-17(11-13-18)25-21(27)15-6-8-16(23)9-7-15/h2-13H,1H3,(H,25,27). The number of nitrogens with zero attached hydrogens (tertiary/aromatic N) is 2. The number of amides is 1. The highest BCUT2D eigenvalue weighted by Crippen LogP contribution is 2.16. The summed E-state index contributed by atoms with van der Waals surface area (Å²) in [5.41, 5.74) is 2.52. The number of aromatic nitrogens is 2. The third kappa shape index (κ3) is 3.55. The molecule has 0 radical (unpaired) electrons. The summed E-state index contributed by atoms with van der Waals surface area (Å²) in [6, 6.07) is 21.8. The summed E-state index contributed by atoms with van der Waals surface area (Å²) in [6.45, 7) is 1.81. The Balaban J connectivity index is 1.63. The van der Waals surface area contributed by atoms with Crippen LogP contribution >= 0.6 is 22.6 Å². The van der Waals surface area contributed by atoms with Crippen LogP contribution in [0.2, 0.25) is 0 Å². The first-order valence-corrected chi connectivity index (χ1v) is 9.76. The molecule has 0 spiro atoms. The number of carbonyl (C=O) groups is 1. The minimum Gasteiger partial charge on any atom is -0.322 e. The van der Waals surface area contributed by atoms with Gasteiger partial charge in [-0.05, 0) is 90.2 Å². The van der Waals surface area contributed by atoms with Crippen molar-refractivity contribution in [3.05, 3.63) is 98.1 Å². The van der Waals surface area contributed by atoms with Crippen LogP contribution in [0.1, 0.15) is 16.2 Å². The lowest BCUT2D eigenvalue weighted by molar-refractivity contribution is 0.102. The lowest BCUT2D eigenvalue weighted by Crippen LogP contribution is -2.22. The van der Waals surface area contributed by atoms with E-state index in [-0.39, 0.29) is 11.5 Å². The van der Waals surface area contributed by atoms with E-state index in [0.29, 0.717) is 33.7 Å². The van der Waals surface area contributed by atoms with Gasteiger partial charge < -0.3 is 5.32 Å². The average Bonchev–Trinajstić information content (AvgIpc) is 2.70. The molecule has 1 amide bonds. The van der Waals surface area contributed by atoms with Gasteiger partial charge in [0.15, 0.2) is 0 Å². The van der Waals surface area contributed by atoms with Gasteiger partial charge in [0.25, 0.3) is 11.5 Å². The Morgan fingerprint density at radius 3 is 2.36 bits per heavy atom. The molecule has 5 nitrogen and oxygen atoms in total. The molecule has 1 heterocycles. The number of benzene rings is 3. The molecule has 0 fully saturated rings. The van der Waals surface area contributed by atoms with Crippen LogP contribution in [0.5, 0.6) is 0 Å². The summed E-state index contributed by atoms with van der Waals surface area (Å²) in [5.74, 6) is 0.434. The van der Waals surface area contributed by atoms with Gasteiger partial charge in [-0.2, -0.15) is 0 Å². The van der Waals surface area contributed by atoms with Gasteiger partial charge >= 0.3 is 0 Å². The van der Waals surface area contributed by atoms with Crippen molar-refractivity contribution in [3.63, 3.8) is 0 Å². The number of hydrogen-bond acceptors (Lipinski definition) is 3. The quantitative estimate of drug-likeness (QED) is 0.437. The zero-order chi connectivity index (χ0) is 19.7. The molecule has 0 aliphatic rings. The van der Waals surface area contributed by atoms with E-state index >= 15 is 0 Å². The molecule has 0 atom stereocenters. The van der Waals surface area contributed by atoms with Crippen molar-refractivity contribution >= 4 is 45.1 Å². The minimum atomic E-state index is -0.176. The Morgan fingerprint density at radius 1 is 0.964 bits per heavy atom. The number of rotatable bonds is 3. The number of fused-ring (bicyclic) bond motifs is 1. The van der Waals surface area contributed by atoms with Crippen LogP contribution in [-0.2, 0) is 0 Å². The molecule has 1 N–H and O–H groups in total. The summed E-state index contributed by atoms with van der Waals surface area (Å²) in [7, 11) is 0. The minimum absolute atomic E-state index is 0.112. The van der Waals surface area contributed by atoms with Gasteiger partial charge in [-0.25, -0.2) is 4.98 Å². The van der Waals surface area contributed by atoms with E-state index in [1.165, 1.54) is 0 Å². The van der Waals surface area contributed by atoms with E-state index in [0.717, 1.165) is 3.57 Å². The number of aryl methyl sites for hydroxylation is 1. The van der Waals surface area contributed by atoms with Crippen LogP contribution in [0.25, 0.3) is 16.6 Å². The Kier molecular flexibility index (Phi) is 4.95. The van der Waals surface area contributed by atoms with Crippen molar-refractivity contribution in [3.8, 4) is 5.69 Å².